The minimum Gasteiger partial charge on any atom is -0.332 e. The summed E-state index contributed by atoms with van der Waals surface area (Å²) in [4.78, 5) is 27.4. The highest BCUT2D eigenvalue weighted by molar-refractivity contribution is 5.84. The Morgan fingerprint density at radius 2 is 1.71 bits per heavy atom. The minimum absolute atomic E-state index is 0.0967. The molecule has 2 aliphatic heterocycles. The second kappa shape index (κ2) is 7.50. The SMILES string of the molecule is O=C1C(N2CCC(Cn3nc(C4CC4)ccc3=O)CC2)CCN1CC(F)(F)F. The quantitative estimate of drug-likeness (QED) is 0.761. The fourth-order valence-electron chi connectivity index (χ4n) is 4.32. The van der Waals surface area contributed by atoms with Crippen LogP contribution in [0.25, 0.3) is 0 Å². The van der Waals surface area contributed by atoms with Gasteiger partial charge in [0.15, 0.2) is 0 Å². The first-order valence-corrected chi connectivity index (χ1v) is 9.98. The summed E-state index contributed by atoms with van der Waals surface area (Å²) in [6.45, 7) is 0.892. The van der Waals surface area contributed by atoms with Crippen LogP contribution < -0.4 is 5.56 Å². The lowest BCUT2D eigenvalue weighted by atomic mass is 9.95. The number of likely N-dealkylation sites (tertiary alicyclic amines) is 2. The molecular weight excluding hydrogens is 373 g/mol. The summed E-state index contributed by atoms with van der Waals surface area (Å²) in [6, 6.07) is 2.96. The zero-order valence-electron chi connectivity index (χ0n) is 15.7. The minimum atomic E-state index is -4.35. The van der Waals surface area contributed by atoms with Crippen LogP contribution in [0.5, 0.6) is 0 Å². The molecule has 1 aromatic heterocycles. The van der Waals surface area contributed by atoms with Crippen LogP contribution in [0.3, 0.4) is 0 Å². The lowest BCUT2D eigenvalue weighted by molar-refractivity contribution is -0.159. The molecule has 4 rings (SSSR count). The molecule has 28 heavy (non-hydrogen) atoms. The smallest absolute Gasteiger partial charge is 0.332 e. The highest BCUT2D eigenvalue weighted by atomic mass is 19.4. The summed E-state index contributed by atoms with van der Waals surface area (Å²) in [5.74, 6) is 0.367. The summed E-state index contributed by atoms with van der Waals surface area (Å²) in [5.41, 5.74) is 0.888. The van der Waals surface area contributed by atoms with Gasteiger partial charge >= 0.3 is 6.18 Å². The van der Waals surface area contributed by atoms with Crippen LogP contribution in [0.15, 0.2) is 16.9 Å². The Bertz CT molecular complexity index is 782. The molecule has 0 spiro atoms. The predicted octanol–water partition coefficient (Wildman–Crippen LogP) is 2.00. The average molecular weight is 398 g/mol. The maximum absolute atomic E-state index is 12.6. The molecule has 1 aromatic rings. The van der Waals surface area contributed by atoms with E-state index in [1.54, 1.807) is 10.7 Å². The van der Waals surface area contributed by atoms with E-state index in [0.717, 1.165) is 36.3 Å². The first kappa shape index (κ1) is 19.4. The van der Waals surface area contributed by atoms with Crippen molar-refractivity contribution in [2.45, 2.75) is 56.8 Å². The lowest BCUT2D eigenvalue weighted by Gasteiger charge is -2.35. The maximum atomic E-state index is 12.6. The van der Waals surface area contributed by atoms with Crippen molar-refractivity contribution in [2.75, 3.05) is 26.2 Å². The number of hydrogen-bond acceptors (Lipinski definition) is 4. The van der Waals surface area contributed by atoms with Crippen LogP contribution in [-0.2, 0) is 11.3 Å². The highest BCUT2D eigenvalue weighted by Crippen LogP contribution is 2.38. The standard InChI is InChI=1S/C19H25F3N4O2/c20-19(21,22)12-25-10-7-16(18(25)28)24-8-5-13(6-9-24)11-26-17(27)4-3-15(23-26)14-1-2-14/h3-4,13-14,16H,1-2,5-12H2. The van der Waals surface area contributed by atoms with Crippen molar-refractivity contribution < 1.29 is 18.0 Å². The van der Waals surface area contributed by atoms with Crippen LogP contribution >= 0.6 is 0 Å². The maximum Gasteiger partial charge on any atom is 0.406 e. The van der Waals surface area contributed by atoms with E-state index < -0.39 is 24.7 Å². The number of nitrogens with zero attached hydrogens (tertiary/aromatic N) is 4. The molecule has 0 aromatic carbocycles. The van der Waals surface area contributed by atoms with Crippen LogP contribution in [0.2, 0.25) is 0 Å². The highest BCUT2D eigenvalue weighted by Gasteiger charge is 2.42. The van der Waals surface area contributed by atoms with E-state index in [9.17, 15) is 22.8 Å². The number of carbonyl (C=O) groups is 1. The van der Waals surface area contributed by atoms with Crippen LogP contribution in [0.1, 0.15) is 43.7 Å². The van der Waals surface area contributed by atoms with Crippen LogP contribution in [0.4, 0.5) is 13.2 Å². The third-order valence-corrected chi connectivity index (χ3v) is 6.04. The fourth-order valence-corrected chi connectivity index (χ4v) is 4.32. The second-order valence-electron chi connectivity index (χ2n) is 8.21. The Morgan fingerprint density at radius 1 is 1.00 bits per heavy atom. The number of hydrogen-bond donors (Lipinski definition) is 0. The van der Waals surface area contributed by atoms with Gasteiger partial charge in [0.2, 0.25) is 5.91 Å². The van der Waals surface area contributed by atoms with Gasteiger partial charge in [-0.1, -0.05) is 0 Å². The first-order chi connectivity index (χ1) is 13.3. The molecule has 1 unspecified atom stereocenters. The molecule has 1 amide bonds. The molecule has 6 nitrogen and oxygen atoms in total. The molecule has 1 atom stereocenters. The van der Waals surface area contributed by atoms with Crippen molar-refractivity contribution in [2.24, 2.45) is 5.92 Å². The summed E-state index contributed by atoms with van der Waals surface area (Å²) in [6.07, 6.45) is -0.0266. The first-order valence-electron chi connectivity index (χ1n) is 9.98. The molecule has 1 aliphatic carbocycles. The molecule has 2 saturated heterocycles. The van der Waals surface area contributed by atoms with Gasteiger partial charge < -0.3 is 4.90 Å². The molecule has 9 heteroatoms. The van der Waals surface area contributed by atoms with Gasteiger partial charge in [0.25, 0.3) is 5.56 Å². The summed E-state index contributed by atoms with van der Waals surface area (Å²) < 4.78 is 39.3. The number of alkyl halides is 3. The Morgan fingerprint density at radius 3 is 2.36 bits per heavy atom. The van der Waals surface area contributed by atoms with E-state index in [-0.39, 0.29) is 12.1 Å². The van der Waals surface area contributed by atoms with E-state index in [1.165, 1.54) is 0 Å². The molecule has 3 fully saturated rings. The van der Waals surface area contributed by atoms with Gasteiger partial charge in [0, 0.05) is 25.1 Å². The normalized spacial score (nSPS) is 24.9. The largest absolute Gasteiger partial charge is 0.406 e. The fraction of sp³-hybridized carbons (Fsp3) is 0.737. The van der Waals surface area contributed by atoms with Crippen molar-refractivity contribution >= 4 is 5.91 Å². The molecule has 0 radical (unpaired) electrons. The van der Waals surface area contributed by atoms with Gasteiger partial charge in [-0.3, -0.25) is 14.5 Å². The molecule has 3 heterocycles. The lowest BCUT2D eigenvalue weighted by Crippen LogP contribution is -2.47. The van der Waals surface area contributed by atoms with Crippen molar-refractivity contribution in [1.29, 1.82) is 0 Å². The zero-order valence-corrected chi connectivity index (χ0v) is 15.7. The Kier molecular flexibility index (Phi) is 5.20. The van der Waals surface area contributed by atoms with E-state index >= 15 is 0 Å². The molecule has 154 valence electrons. The van der Waals surface area contributed by atoms with Crippen LogP contribution in [0, 0.1) is 5.92 Å². The van der Waals surface area contributed by atoms with E-state index in [0.29, 0.717) is 37.9 Å². The van der Waals surface area contributed by atoms with Gasteiger partial charge in [-0.25, -0.2) is 4.68 Å². The third kappa shape index (κ3) is 4.39. The molecule has 1 saturated carbocycles. The number of aromatic nitrogens is 2. The van der Waals surface area contributed by atoms with E-state index in [2.05, 4.69) is 5.10 Å². The van der Waals surface area contributed by atoms with Gasteiger partial charge in [-0.15, -0.1) is 0 Å². The number of carbonyl (C=O) groups excluding carboxylic acids is 1. The Balaban J connectivity index is 1.31. The zero-order chi connectivity index (χ0) is 19.9. The monoisotopic (exact) mass is 398 g/mol. The van der Waals surface area contributed by atoms with Gasteiger partial charge in [0.05, 0.1) is 11.7 Å². The Labute approximate surface area is 161 Å². The van der Waals surface area contributed by atoms with Crippen molar-refractivity contribution in [3.05, 3.63) is 28.2 Å². The van der Waals surface area contributed by atoms with E-state index in [1.807, 2.05) is 11.0 Å². The van der Waals surface area contributed by atoms with Crippen molar-refractivity contribution in [3.63, 3.8) is 0 Å². The molecule has 0 bridgehead atoms. The molecule has 0 N–H and O–H groups in total. The number of piperidine rings is 1. The summed E-state index contributed by atoms with van der Waals surface area (Å²) >= 11 is 0. The topological polar surface area (TPSA) is 58.4 Å². The molecular formula is C19H25F3N4O2. The second-order valence-corrected chi connectivity index (χ2v) is 8.21. The number of amides is 1. The van der Waals surface area contributed by atoms with Crippen LogP contribution in [-0.4, -0.2) is 63.9 Å². The number of halogens is 3. The summed E-state index contributed by atoms with van der Waals surface area (Å²) in [7, 11) is 0. The van der Waals surface area contributed by atoms with E-state index in [4.69, 9.17) is 0 Å². The van der Waals surface area contributed by atoms with Gasteiger partial charge in [-0.05, 0) is 57.2 Å². The number of rotatable bonds is 5. The van der Waals surface area contributed by atoms with Gasteiger partial charge in [0.1, 0.15) is 6.54 Å². The van der Waals surface area contributed by atoms with Crippen molar-refractivity contribution in [3.8, 4) is 0 Å². The summed E-state index contributed by atoms with van der Waals surface area (Å²) in [5, 5.41) is 4.50. The third-order valence-electron chi connectivity index (χ3n) is 6.04. The predicted molar refractivity (Wildman–Crippen MR) is 95.8 cm³/mol. The Hall–Kier alpha value is -1.90. The molecule has 3 aliphatic rings. The van der Waals surface area contributed by atoms with Crippen molar-refractivity contribution in [1.82, 2.24) is 19.6 Å². The average Bonchev–Trinajstić information content (AvgIpc) is 3.42. The van der Waals surface area contributed by atoms with Gasteiger partial charge in [-0.2, -0.15) is 18.3 Å².